The highest BCUT2D eigenvalue weighted by atomic mass is 19.1. The maximum Gasteiger partial charge on any atom is 0.272 e. The molecule has 1 aromatic carbocycles. The van der Waals surface area contributed by atoms with E-state index in [-0.39, 0.29) is 24.8 Å². The van der Waals surface area contributed by atoms with Crippen LogP contribution in [0.15, 0.2) is 36.7 Å². The first-order chi connectivity index (χ1) is 15.2. The number of aliphatic hydroxyl groups is 1. The lowest BCUT2D eigenvalue weighted by atomic mass is 10.0. The molecule has 0 bridgehead atoms. The summed E-state index contributed by atoms with van der Waals surface area (Å²) in [6, 6.07) is 6.30. The summed E-state index contributed by atoms with van der Waals surface area (Å²) in [4.78, 5) is 22.2. The summed E-state index contributed by atoms with van der Waals surface area (Å²) in [6.45, 7) is 3.44. The van der Waals surface area contributed by atoms with Crippen LogP contribution in [0.4, 0.5) is 16.0 Å². The number of β-amino-alcohol motifs (C(OH)–C–C–N with tert-alkyl or cyclic N) is 1. The lowest BCUT2D eigenvalue weighted by Gasteiger charge is -2.29. The second-order valence-corrected chi connectivity index (χ2v) is 8.44. The number of halogens is 1. The summed E-state index contributed by atoms with van der Waals surface area (Å²) < 4.78 is 16.2. The Morgan fingerprint density at radius 3 is 2.81 bits per heavy atom. The van der Waals surface area contributed by atoms with Gasteiger partial charge < -0.3 is 10.8 Å². The smallest absolute Gasteiger partial charge is 0.272 e. The summed E-state index contributed by atoms with van der Waals surface area (Å²) in [5, 5.41) is 19.1. The molecule has 1 saturated heterocycles. The Balaban J connectivity index is 1.66. The zero-order valence-corrected chi connectivity index (χ0v) is 17.9. The van der Waals surface area contributed by atoms with Crippen LogP contribution in [0, 0.1) is 12.7 Å². The molecule has 1 amide bonds. The number of carbonyl (C=O) groups excluding carboxylic acids is 1. The van der Waals surface area contributed by atoms with E-state index in [1.54, 1.807) is 43.9 Å². The van der Waals surface area contributed by atoms with Crippen molar-refractivity contribution in [1.82, 2.24) is 24.8 Å². The Labute approximate surface area is 182 Å². The Morgan fingerprint density at radius 1 is 1.28 bits per heavy atom. The van der Waals surface area contributed by atoms with Gasteiger partial charge in [-0.1, -0.05) is 0 Å². The van der Waals surface area contributed by atoms with Crippen molar-refractivity contribution in [1.29, 1.82) is 0 Å². The third-order valence-electron chi connectivity index (χ3n) is 5.77. The first kappa shape index (κ1) is 20.1. The number of aryl methyl sites for hydroxylation is 2. The number of hydrogen-bond donors (Lipinski definition) is 2. The third-order valence-corrected chi connectivity index (χ3v) is 5.77. The number of nitrogen functional groups attached to an aromatic ring is 1. The second-order valence-electron chi connectivity index (χ2n) is 8.44. The van der Waals surface area contributed by atoms with Crippen LogP contribution in [0.5, 0.6) is 0 Å². The maximum atomic E-state index is 14.5. The number of fused-ring (bicyclic) bond motifs is 3. The number of rotatable bonds is 2. The Morgan fingerprint density at radius 2 is 2.06 bits per heavy atom. The van der Waals surface area contributed by atoms with Crippen molar-refractivity contribution >= 4 is 39.3 Å². The van der Waals surface area contributed by atoms with Crippen LogP contribution in [0.2, 0.25) is 0 Å². The fourth-order valence-corrected chi connectivity index (χ4v) is 4.28. The van der Waals surface area contributed by atoms with Gasteiger partial charge in [0.1, 0.15) is 11.4 Å². The number of nitrogens with zero attached hydrogens (tertiary/aromatic N) is 6. The van der Waals surface area contributed by atoms with Crippen molar-refractivity contribution in [3.8, 4) is 0 Å². The van der Waals surface area contributed by atoms with Crippen molar-refractivity contribution in [2.75, 3.05) is 23.8 Å². The third kappa shape index (κ3) is 3.02. The number of benzene rings is 1. The Kier molecular flexibility index (Phi) is 4.31. The van der Waals surface area contributed by atoms with E-state index >= 15 is 0 Å². The average Bonchev–Trinajstić information content (AvgIpc) is 3.28. The summed E-state index contributed by atoms with van der Waals surface area (Å²) in [5.74, 6) is -0.596. The molecular formula is C22H22FN7O2. The zero-order valence-electron chi connectivity index (χ0n) is 17.9. The molecule has 10 heteroatoms. The van der Waals surface area contributed by atoms with E-state index in [9.17, 15) is 14.3 Å². The van der Waals surface area contributed by atoms with E-state index in [0.29, 0.717) is 27.8 Å². The molecule has 4 aromatic rings. The molecule has 0 saturated carbocycles. The van der Waals surface area contributed by atoms with Crippen LogP contribution >= 0.6 is 0 Å². The van der Waals surface area contributed by atoms with E-state index in [2.05, 4.69) is 15.1 Å². The quantitative estimate of drug-likeness (QED) is 0.496. The largest absolute Gasteiger partial charge is 0.386 e. The van der Waals surface area contributed by atoms with Gasteiger partial charge in [0, 0.05) is 24.2 Å². The molecule has 4 heterocycles. The molecule has 1 unspecified atom stereocenters. The number of amides is 1. The van der Waals surface area contributed by atoms with Crippen molar-refractivity contribution in [3.63, 3.8) is 0 Å². The maximum absolute atomic E-state index is 14.5. The predicted octanol–water partition coefficient (Wildman–Crippen LogP) is 2.17. The molecule has 1 fully saturated rings. The number of nitrogens with two attached hydrogens (primary N) is 1. The summed E-state index contributed by atoms with van der Waals surface area (Å²) in [7, 11) is 1.80. The topological polar surface area (TPSA) is 113 Å². The van der Waals surface area contributed by atoms with E-state index in [0.717, 1.165) is 10.9 Å². The van der Waals surface area contributed by atoms with Gasteiger partial charge in [0.2, 0.25) is 0 Å². The lowest BCUT2D eigenvalue weighted by Crippen LogP contribution is -2.42. The fourth-order valence-electron chi connectivity index (χ4n) is 4.28. The van der Waals surface area contributed by atoms with Crippen molar-refractivity contribution in [3.05, 3.63) is 53.6 Å². The average molecular weight is 435 g/mol. The lowest BCUT2D eigenvalue weighted by molar-refractivity contribution is 0.0607. The monoisotopic (exact) mass is 435 g/mol. The number of pyridine rings is 2. The van der Waals surface area contributed by atoms with Gasteiger partial charge in [-0.05, 0) is 43.7 Å². The highest BCUT2D eigenvalue weighted by Gasteiger charge is 2.42. The van der Waals surface area contributed by atoms with Gasteiger partial charge in [-0.25, -0.2) is 19.4 Å². The van der Waals surface area contributed by atoms with Gasteiger partial charge in [-0.3, -0.25) is 14.5 Å². The molecule has 3 N–H and O–H groups in total. The summed E-state index contributed by atoms with van der Waals surface area (Å²) in [6.07, 6.45) is 3.09. The second kappa shape index (κ2) is 6.86. The van der Waals surface area contributed by atoms with Gasteiger partial charge in [0.05, 0.1) is 35.7 Å². The van der Waals surface area contributed by atoms with Crippen LogP contribution in [0.25, 0.3) is 21.8 Å². The van der Waals surface area contributed by atoms with Gasteiger partial charge in [-0.2, -0.15) is 5.10 Å². The van der Waals surface area contributed by atoms with Crippen molar-refractivity contribution < 1.29 is 14.3 Å². The minimum absolute atomic E-state index is 0.000430. The van der Waals surface area contributed by atoms with E-state index in [1.165, 1.54) is 28.3 Å². The molecule has 1 aliphatic heterocycles. The molecule has 5 rings (SSSR count). The summed E-state index contributed by atoms with van der Waals surface area (Å²) in [5.41, 5.74) is 7.37. The standard InChI is InChI=1S/C22H22FN7O2/c1-12-7-17-14(18-15(19(24)27-17)9-26-28(18)3)8-13(12)21(31)30-11-22(2,32)10-29(30)20-16(23)5-4-6-25-20/h4-9,32H,10-11H2,1-3H3,(H2,24,27). The van der Waals surface area contributed by atoms with E-state index in [1.807, 2.05) is 0 Å². The molecule has 1 atom stereocenters. The van der Waals surface area contributed by atoms with Gasteiger partial charge >= 0.3 is 0 Å². The minimum Gasteiger partial charge on any atom is -0.386 e. The number of carbonyl (C=O) groups is 1. The molecule has 32 heavy (non-hydrogen) atoms. The molecule has 3 aromatic heterocycles. The van der Waals surface area contributed by atoms with Crippen LogP contribution in [-0.2, 0) is 7.05 Å². The molecule has 164 valence electrons. The predicted molar refractivity (Wildman–Crippen MR) is 118 cm³/mol. The number of anilines is 2. The Hall–Kier alpha value is -3.79. The SMILES string of the molecule is Cc1cc2nc(N)c3cnn(C)c3c2cc1C(=O)N1CC(C)(O)CN1c1ncccc1F. The summed E-state index contributed by atoms with van der Waals surface area (Å²) >= 11 is 0. The van der Waals surface area contributed by atoms with Crippen LogP contribution in [-0.4, -0.2) is 54.5 Å². The minimum atomic E-state index is -1.23. The normalized spacial score (nSPS) is 18.8. The molecular weight excluding hydrogens is 413 g/mol. The number of aromatic nitrogens is 4. The zero-order chi connectivity index (χ0) is 22.8. The van der Waals surface area contributed by atoms with Crippen LogP contribution in [0.1, 0.15) is 22.8 Å². The first-order valence-corrected chi connectivity index (χ1v) is 10.1. The first-order valence-electron chi connectivity index (χ1n) is 10.1. The Bertz CT molecular complexity index is 1400. The van der Waals surface area contributed by atoms with Crippen LogP contribution in [0.3, 0.4) is 0 Å². The molecule has 0 spiro atoms. The molecule has 9 nitrogen and oxygen atoms in total. The molecule has 0 aliphatic carbocycles. The van der Waals surface area contributed by atoms with Crippen molar-refractivity contribution in [2.24, 2.45) is 7.05 Å². The van der Waals surface area contributed by atoms with Gasteiger partial charge in [-0.15, -0.1) is 0 Å². The van der Waals surface area contributed by atoms with Crippen molar-refractivity contribution in [2.45, 2.75) is 19.4 Å². The van der Waals surface area contributed by atoms with E-state index < -0.39 is 11.4 Å². The van der Waals surface area contributed by atoms with Gasteiger partial charge in [0.25, 0.3) is 5.91 Å². The highest BCUT2D eigenvalue weighted by molar-refractivity contribution is 6.10. The highest BCUT2D eigenvalue weighted by Crippen LogP contribution is 2.32. The number of hydrogen-bond acceptors (Lipinski definition) is 7. The molecule has 0 radical (unpaired) electrons. The van der Waals surface area contributed by atoms with Crippen LogP contribution < -0.4 is 10.7 Å². The molecule has 1 aliphatic rings. The fraction of sp³-hybridized carbons (Fsp3) is 0.273. The van der Waals surface area contributed by atoms with Gasteiger partial charge in [0.15, 0.2) is 11.6 Å². The number of hydrazine groups is 1. The van der Waals surface area contributed by atoms with E-state index in [4.69, 9.17) is 5.73 Å².